The summed E-state index contributed by atoms with van der Waals surface area (Å²) in [7, 11) is 0. The number of carboxylic acid groups (broad SMARTS) is 1. The molecular weight excluding hydrogens is 270 g/mol. The van der Waals surface area contributed by atoms with Gasteiger partial charge in [0.2, 0.25) is 5.91 Å². The highest BCUT2D eigenvalue weighted by Gasteiger charge is 2.13. The third-order valence-electron chi connectivity index (χ3n) is 1.41. The van der Waals surface area contributed by atoms with Crippen LogP contribution in [0.25, 0.3) is 0 Å². The number of aliphatic carboxylic acids is 1. The average Bonchev–Trinajstić information content (AvgIpc) is 2.41. The number of urea groups is 1. The van der Waals surface area contributed by atoms with Crippen LogP contribution < -0.4 is 22.7 Å². The highest BCUT2D eigenvalue weighted by molar-refractivity contribution is 5.83. The van der Waals surface area contributed by atoms with E-state index in [1.54, 1.807) is 17.8 Å². The largest absolute Gasteiger partial charge is 0.481 e. The molecule has 20 heavy (non-hydrogen) atoms. The van der Waals surface area contributed by atoms with Crippen LogP contribution in [0.5, 0.6) is 0 Å². The van der Waals surface area contributed by atoms with Crippen molar-refractivity contribution >= 4 is 17.9 Å². The van der Waals surface area contributed by atoms with Crippen molar-refractivity contribution in [1.82, 2.24) is 10.4 Å². The number of hydrogen-bond acceptors (Lipinski definition) is 6. The molecule has 0 aliphatic rings. The van der Waals surface area contributed by atoms with Crippen molar-refractivity contribution in [3.8, 4) is 0 Å². The topological polar surface area (TPSA) is 195 Å². The zero-order chi connectivity index (χ0) is 16.0. The summed E-state index contributed by atoms with van der Waals surface area (Å²) in [6.45, 7) is 0. The van der Waals surface area contributed by atoms with E-state index in [9.17, 15) is 14.4 Å². The molecule has 1 atom stereocenters. The van der Waals surface area contributed by atoms with Gasteiger partial charge >= 0.3 is 12.0 Å². The molecule has 0 radical (unpaired) electrons. The Morgan fingerprint density at radius 3 is 1.70 bits per heavy atom. The van der Waals surface area contributed by atoms with E-state index >= 15 is 0 Å². The highest BCUT2D eigenvalue weighted by Crippen LogP contribution is 1.87. The Morgan fingerprint density at radius 2 is 1.60 bits per heavy atom. The number of aliphatic hydroxyl groups is 1. The van der Waals surface area contributed by atoms with Gasteiger partial charge in [0.05, 0.1) is 6.42 Å². The summed E-state index contributed by atoms with van der Waals surface area (Å²) < 4.78 is 0. The van der Waals surface area contributed by atoms with E-state index in [4.69, 9.17) is 10.2 Å². The molecule has 0 saturated carbocycles. The molecule has 1 unspecified atom stereocenters. The van der Waals surface area contributed by atoms with Gasteiger partial charge < -0.3 is 21.7 Å². The molecule has 1 rings (SSSR count). The zero-order valence-corrected chi connectivity index (χ0v) is 10.5. The second kappa shape index (κ2) is 12.7. The Balaban J connectivity index is 0. The van der Waals surface area contributed by atoms with Crippen LogP contribution in [-0.4, -0.2) is 39.2 Å². The number of primary amides is 2. The third kappa shape index (κ3) is 17.7. The first-order valence-corrected chi connectivity index (χ1v) is 5.11. The summed E-state index contributed by atoms with van der Waals surface area (Å²) in [4.78, 5) is 32.8. The van der Waals surface area contributed by atoms with E-state index in [-0.39, 0.29) is 0 Å². The Bertz CT molecular complexity index is 374. The highest BCUT2D eigenvalue weighted by atomic mass is 16.4. The van der Waals surface area contributed by atoms with E-state index in [0.717, 1.165) is 0 Å². The predicted octanol–water partition coefficient (Wildman–Crippen LogP) is -2.08. The van der Waals surface area contributed by atoms with Crippen LogP contribution in [0.1, 0.15) is 6.42 Å². The van der Waals surface area contributed by atoms with Gasteiger partial charge in [-0.3, -0.25) is 20.0 Å². The monoisotopic (exact) mass is 287 g/mol. The third-order valence-corrected chi connectivity index (χ3v) is 1.41. The van der Waals surface area contributed by atoms with Gasteiger partial charge in [-0.05, 0) is 12.1 Å². The molecule has 1 aromatic rings. The first kappa shape index (κ1) is 19.6. The SMILES string of the molecule is NC(=O)C(O)CC(=O)O.NNC(N)=O.c1ccncc1. The zero-order valence-electron chi connectivity index (χ0n) is 10.5. The molecular formula is C10H17N5O5. The smallest absolute Gasteiger partial charge is 0.326 e. The quantitative estimate of drug-likeness (QED) is 0.208. The van der Waals surface area contributed by atoms with Crippen molar-refractivity contribution in [2.75, 3.05) is 0 Å². The number of aliphatic hydroxyl groups excluding tert-OH is 1. The van der Waals surface area contributed by atoms with Crippen LogP contribution >= 0.6 is 0 Å². The lowest BCUT2D eigenvalue weighted by Crippen LogP contribution is -2.34. The van der Waals surface area contributed by atoms with Crippen LogP contribution in [0.15, 0.2) is 30.6 Å². The van der Waals surface area contributed by atoms with Gasteiger partial charge in [-0.1, -0.05) is 6.07 Å². The molecule has 3 amide bonds. The van der Waals surface area contributed by atoms with Crippen molar-refractivity contribution in [3.63, 3.8) is 0 Å². The van der Waals surface area contributed by atoms with E-state index < -0.39 is 30.4 Å². The van der Waals surface area contributed by atoms with E-state index in [0.29, 0.717) is 0 Å². The van der Waals surface area contributed by atoms with Gasteiger partial charge in [0.25, 0.3) is 0 Å². The molecule has 0 saturated heterocycles. The van der Waals surface area contributed by atoms with E-state index in [1.807, 2.05) is 18.2 Å². The van der Waals surface area contributed by atoms with Gasteiger partial charge in [-0.15, -0.1) is 0 Å². The molecule has 0 aliphatic carbocycles. The van der Waals surface area contributed by atoms with Crippen LogP contribution in [0.4, 0.5) is 4.79 Å². The summed E-state index contributed by atoms with van der Waals surface area (Å²) >= 11 is 0. The Labute approximate surface area is 114 Å². The lowest BCUT2D eigenvalue weighted by molar-refractivity contribution is -0.142. The van der Waals surface area contributed by atoms with E-state index in [2.05, 4.69) is 22.3 Å². The lowest BCUT2D eigenvalue weighted by atomic mass is 10.2. The predicted molar refractivity (Wildman–Crippen MR) is 68.6 cm³/mol. The van der Waals surface area contributed by atoms with Crippen LogP contribution in [0.3, 0.4) is 0 Å². The molecule has 10 heteroatoms. The van der Waals surface area contributed by atoms with E-state index in [1.165, 1.54) is 0 Å². The molecule has 0 aromatic carbocycles. The van der Waals surface area contributed by atoms with Crippen LogP contribution in [0, 0.1) is 0 Å². The number of nitrogens with one attached hydrogen (secondary N) is 1. The number of pyridine rings is 1. The summed E-state index contributed by atoms with van der Waals surface area (Å²) in [6.07, 6.45) is 1.30. The summed E-state index contributed by atoms with van der Waals surface area (Å²) in [5.41, 5.74) is 10.6. The molecule has 0 bridgehead atoms. The fourth-order valence-electron chi connectivity index (χ4n) is 0.579. The first-order valence-electron chi connectivity index (χ1n) is 5.11. The minimum Gasteiger partial charge on any atom is -0.481 e. The molecule has 0 spiro atoms. The minimum absolute atomic E-state index is 0.630. The standard InChI is InChI=1S/C5H5N.C4H7NO4.CH5N3O/c1-2-4-6-5-3-1;5-4(9)2(6)1-3(7)8;2-1(5)4-3/h1-5H;2,6H,1H2,(H2,5,9)(H,7,8);3H2,(H3,2,4,5). The maximum Gasteiger partial charge on any atom is 0.326 e. The second-order valence-corrected chi connectivity index (χ2v) is 3.05. The van der Waals surface area contributed by atoms with Gasteiger partial charge in [0, 0.05) is 12.4 Å². The normalized spacial score (nSPS) is 9.70. The van der Waals surface area contributed by atoms with Gasteiger partial charge in [0.15, 0.2) is 0 Å². The number of nitrogens with zero attached hydrogens (tertiary/aromatic N) is 1. The van der Waals surface area contributed by atoms with Gasteiger partial charge in [0.1, 0.15) is 6.10 Å². The van der Waals surface area contributed by atoms with Crippen molar-refractivity contribution < 1.29 is 24.6 Å². The first-order chi connectivity index (χ1) is 9.31. The number of amides is 3. The summed E-state index contributed by atoms with van der Waals surface area (Å²) in [5, 5.41) is 16.4. The molecule has 1 heterocycles. The second-order valence-electron chi connectivity index (χ2n) is 3.05. The summed E-state index contributed by atoms with van der Waals surface area (Å²) in [5.74, 6) is 2.18. The molecule has 9 N–H and O–H groups in total. The van der Waals surface area contributed by atoms with Crippen molar-refractivity contribution in [1.29, 1.82) is 0 Å². The maximum absolute atomic E-state index is 9.94. The van der Waals surface area contributed by atoms with Crippen molar-refractivity contribution in [3.05, 3.63) is 30.6 Å². The number of nitrogens with two attached hydrogens (primary N) is 3. The fraction of sp³-hybridized carbons (Fsp3) is 0.200. The number of carbonyl (C=O) groups excluding carboxylic acids is 2. The Hall–Kier alpha value is -2.72. The van der Waals surface area contributed by atoms with Gasteiger partial charge in [-0.2, -0.15) is 0 Å². The molecule has 10 nitrogen and oxygen atoms in total. The average molecular weight is 287 g/mol. The Kier molecular flexibility index (Phi) is 12.5. The van der Waals surface area contributed by atoms with Crippen molar-refractivity contribution in [2.45, 2.75) is 12.5 Å². The van der Waals surface area contributed by atoms with Crippen LogP contribution in [0.2, 0.25) is 0 Å². The number of hydrogen-bond donors (Lipinski definition) is 6. The number of carbonyl (C=O) groups is 3. The molecule has 1 aromatic heterocycles. The molecule has 0 aliphatic heterocycles. The van der Waals surface area contributed by atoms with Gasteiger partial charge in [-0.25, -0.2) is 10.6 Å². The number of aromatic nitrogens is 1. The number of rotatable bonds is 3. The number of carboxylic acids is 1. The Morgan fingerprint density at radius 1 is 1.15 bits per heavy atom. The summed E-state index contributed by atoms with van der Waals surface area (Å²) in [6, 6.07) is 5.00. The molecule has 0 fully saturated rings. The maximum atomic E-state index is 9.94. The minimum atomic E-state index is -1.57. The van der Waals surface area contributed by atoms with Crippen molar-refractivity contribution in [2.24, 2.45) is 17.3 Å². The fourth-order valence-corrected chi connectivity index (χ4v) is 0.579. The lowest BCUT2D eigenvalue weighted by Gasteiger charge is -1.99. The molecule has 112 valence electrons. The number of hydrazine groups is 1. The van der Waals surface area contributed by atoms with Crippen LogP contribution in [-0.2, 0) is 9.59 Å².